The van der Waals surface area contributed by atoms with Gasteiger partial charge in [0.25, 0.3) is 0 Å². The summed E-state index contributed by atoms with van der Waals surface area (Å²) >= 11 is 3.11. The maximum atomic E-state index is 10.8. The average molecular weight is 288 g/mol. The number of hydrogen-bond donors (Lipinski definition) is 1. The molecule has 4 nitrogen and oxygen atoms in total. The summed E-state index contributed by atoms with van der Waals surface area (Å²) in [5, 5.41) is 20.3. The Morgan fingerprint density at radius 3 is 2.62 bits per heavy atom. The molecule has 1 aromatic carbocycles. The molecule has 0 bridgehead atoms. The summed E-state index contributed by atoms with van der Waals surface area (Å²) in [6, 6.07) is 1.77. The zero-order valence-electron chi connectivity index (χ0n) is 9.29. The van der Waals surface area contributed by atoms with Crippen molar-refractivity contribution in [2.45, 2.75) is 33.1 Å². The number of fused-ring (bicyclic) bond motifs is 1. The number of phenolic OH excluding ortho intramolecular Hbond substituents is 1. The van der Waals surface area contributed by atoms with Gasteiger partial charge in [-0.25, -0.2) is 0 Å². The number of aryl methyl sites for hydroxylation is 1. The number of rotatable bonds is 1. The van der Waals surface area contributed by atoms with Crippen LogP contribution in [-0.4, -0.2) is 10.0 Å². The molecular weight excluding hydrogens is 274 g/mol. The maximum absolute atomic E-state index is 10.8. The van der Waals surface area contributed by atoms with E-state index in [-0.39, 0.29) is 11.4 Å². The molecule has 0 fully saturated rings. The normalized spacial score (nSPS) is 12.7. The molecule has 1 aromatic rings. The van der Waals surface area contributed by atoms with Crippen LogP contribution >= 0.6 is 15.9 Å². The molecule has 0 radical (unpaired) electrons. The summed E-state index contributed by atoms with van der Waals surface area (Å²) in [7, 11) is 0. The fourth-order valence-corrected chi connectivity index (χ4v) is 2.33. The minimum absolute atomic E-state index is 0.133. The van der Waals surface area contributed by atoms with Gasteiger partial charge in [0.2, 0.25) is 5.75 Å². The standard InChI is InChI=1S/C9H8BrNO3.C2H6/c10-7-4-5-2-1-3-6(5)8(9(7)12)11(13)14;1-2/h4,12H,1-3H2;1-2H3. The topological polar surface area (TPSA) is 63.4 Å². The largest absolute Gasteiger partial charge is 0.501 e. The van der Waals surface area contributed by atoms with Crippen LogP contribution in [0.5, 0.6) is 5.75 Å². The molecular formula is C11H14BrNO3. The molecule has 0 aromatic heterocycles. The average Bonchev–Trinajstić information content (AvgIpc) is 2.69. The van der Waals surface area contributed by atoms with Crippen molar-refractivity contribution in [3.8, 4) is 5.75 Å². The molecule has 0 spiro atoms. The van der Waals surface area contributed by atoms with Gasteiger partial charge in [0.05, 0.1) is 9.40 Å². The predicted molar refractivity (Wildman–Crippen MR) is 65.8 cm³/mol. The third kappa shape index (κ3) is 2.19. The molecule has 0 saturated carbocycles. The Balaban J connectivity index is 0.000000606. The molecule has 1 N–H and O–H groups in total. The fraction of sp³-hybridized carbons (Fsp3) is 0.455. The third-order valence-corrected chi connectivity index (χ3v) is 3.08. The molecule has 16 heavy (non-hydrogen) atoms. The second-order valence-electron chi connectivity index (χ2n) is 3.30. The van der Waals surface area contributed by atoms with Crippen molar-refractivity contribution < 1.29 is 10.0 Å². The number of nitro groups is 1. The molecule has 88 valence electrons. The van der Waals surface area contributed by atoms with Crippen LogP contribution in [-0.2, 0) is 12.8 Å². The lowest BCUT2D eigenvalue weighted by atomic mass is 10.1. The van der Waals surface area contributed by atoms with Gasteiger partial charge in [-0.15, -0.1) is 0 Å². The maximum Gasteiger partial charge on any atom is 0.315 e. The lowest BCUT2D eigenvalue weighted by Gasteiger charge is -2.04. The highest BCUT2D eigenvalue weighted by molar-refractivity contribution is 9.10. The number of aromatic hydroxyl groups is 1. The van der Waals surface area contributed by atoms with Crippen molar-refractivity contribution in [2.24, 2.45) is 0 Å². The van der Waals surface area contributed by atoms with E-state index in [1.165, 1.54) is 0 Å². The second-order valence-corrected chi connectivity index (χ2v) is 4.16. The number of halogens is 1. The van der Waals surface area contributed by atoms with Crippen LogP contribution in [0.2, 0.25) is 0 Å². The van der Waals surface area contributed by atoms with Gasteiger partial charge in [-0.1, -0.05) is 13.8 Å². The second kappa shape index (κ2) is 5.30. The Bertz CT molecular complexity index is 418. The molecule has 5 heteroatoms. The van der Waals surface area contributed by atoms with Crippen LogP contribution in [0.25, 0.3) is 0 Å². The molecule has 0 atom stereocenters. The van der Waals surface area contributed by atoms with Gasteiger partial charge in [-0.2, -0.15) is 0 Å². The van der Waals surface area contributed by atoms with Gasteiger partial charge >= 0.3 is 5.69 Å². The molecule has 1 aliphatic carbocycles. The summed E-state index contributed by atoms with van der Waals surface area (Å²) < 4.78 is 0.407. The van der Waals surface area contributed by atoms with Gasteiger partial charge in [0, 0.05) is 5.56 Å². The summed E-state index contributed by atoms with van der Waals surface area (Å²) in [6.07, 6.45) is 2.47. The number of benzene rings is 1. The first kappa shape index (κ1) is 13.0. The van der Waals surface area contributed by atoms with Crippen molar-refractivity contribution >= 4 is 21.6 Å². The van der Waals surface area contributed by atoms with Crippen molar-refractivity contribution in [3.05, 3.63) is 31.8 Å². The number of nitro benzene ring substituents is 1. The van der Waals surface area contributed by atoms with E-state index in [0.717, 1.165) is 18.4 Å². The lowest BCUT2D eigenvalue weighted by Crippen LogP contribution is -1.96. The van der Waals surface area contributed by atoms with E-state index in [1.54, 1.807) is 6.07 Å². The number of phenols is 1. The summed E-state index contributed by atoms with van der Waals surface area (Å²) in [5.41, 5.74) is 1.53. The molecule has 0 saturated heterocycles. The Labute approximate surface area is 103 Å². The molecule has 0 amide bonds. The summed E-state index contributed by atoms with van der Waals surface area (Å²) in [5.74, 6) is -0.254. The molecule has 0 heterocycles. The van der Waals surface area contributed by atoms with Gasteiger partial charge in [0.15, 0.2) is 0 Å². The Morgan fingerprint density at radius 2 is 2.06 bits per heavy atom. The van der Waals surface area contributed by atoms with Crippen LogP contribution in [0.1, 0.15) is 31.4 Å². The van der Waals surface area contributed by atoms with Crippen LogP contribution in [0.4, 0.5) is 5.69 Å². The monoisotopic (exact) mass is 287 g/mol. The van der Waals surface area contributed by atoms with E-state index >= 15 is 0 Å². The molecule has 2 rings (SSSR count). The van der Waals surface area contributed by atoms with Crippen molar-refractivity contribution in [3.63, 3.8) is 0 Å². The van der Waals surface area contributed by atoms with E-state index in [4.69, 9.17) is 0 Å². The van der Waals surface area contributed by atoms with Crippen molar-refractivity contribution in [2.75, 3.05) is 0 Å². The number of hydrogen-bond acceptors (Lipinski definition) is 3. The smallest absolute Gasteiger partial charge is 0.315 e. The first-order valence-electron chi connectivity index (χ1n) is 5.29. The molecule has 0 unspecified atom stereocenters. The predicted octanol–water partition coefficient (Wildman–Crippen LogP) is 3.58. The van der Waals surface area contributed by atoms with Gasteiger partial charge in [-0.3, -0.25) is 10.1 Å². The summed E-state index contributed by atoms with van der Waals surface area (Å²) in [6.45, 7) is 4.00. The minimum atomic E-state index is -0.510. The van der Waals surface area contributed by atoms with Crippen molar-refractivity contribution in [1.82, 2.24) is 0 Å². The van der Waals surface area contributed by atoms with Gasteiger partial charge < -0.3 is 5.11 Å². The molecule has 0 aliphatic heterocycles. The Morgan fingerprint density at radius 1 is 1.44 bits per heavy atom. The van der Waals surface area contributed by atoms with Crippen molar-refractivity contribution in [1.29, 1.82) is 0 Å². The highest BCUT2D eigenvalue weighted by atomic mass is 79.9. The SMILES string of the molecule is CC.O=[N+]([O-])c1c(O)c(Br)cc2c1CCC2. The highest BCUT2D eigenvalue weighted by Crippen LogP contribution is 2.42. The highest BCUT2D eigenvalue weighted by Gasteiger charge is 2.28. The molecule has 1 aliphatic rings. The van der Waals surface area contributed by atoms with E-state index < -0.39 is 4.92 Å². The van der Waals surface area contributed by atoms with E-state index in [0.29, 0.717) is 16.5 Å². The first-order chi connectivity index (χ1) is 7.61. The Kier molecular flexibility index (Phi) is 4.29. The van der Waals surface area contributed by atoms with E-state index in [1.807, 2.05) is 13.8 Å². The quantitative estimate of drug-likeness (QED) is 0.634. The van der Waals surface area contributed by atoms with Crippen LogP contribution in [0, 0.1) is 10.1 Å². The number of nitrogens with zero attached hydrogens (tertiary/aromatic N) is 1. The first-order valence-corrected chi connectivity index (χ1v) is 6.08. The third-order valence-electron chi connectivity index (χ3n) is 2.48. The van der Waals surface area contributed by atoms with E-state index in [9.17, 15) is 15.2 Å². The zero-order valence-corrected chi connectivity index (χ0v) is 10.9. The fourth-order valence-electron chi connectivity index (χ4n) is 1.87. The Hall–Kier alpha value is -1.10. The van der Waals surface area contributed by atoms with Crippen LogP contribution in [0.3, 0.4) is 0 Å². The van der Waals surface area contributed by atoms with Crippen LogP contribution in [0.15, 0.2) is 10.5 Å². The van der Waals surface area contributed by atoms with Gasteiger partial charge in [-0.05, 0) is 46.8 Å². The summed E-state index contributed by atoms with van der Waals surface area (Å²) in [4.78, 5) is 10.2. The van der Waals surface area contributed by atoms with E-state index in [2.05, 4.69) is 15.9 Å². The van der Waals surface area contributed by atoms with Gasteiger partial charge in [0.1, 0.15) is 0 Å². The lowest BCUT2D eigenvalue weighted by molar-refractivity contribution is -0.386. The zero-order chi connectivity index (χ0) is 12.3. The van der Waals surface area contributed by atoms with Crippen LogP contribution < -0.4 is 0 Å². The minimum Gasteiger partial charge on any atom is -0.501 e.